The lowest BCUT2D eigenvalue weighted by Crippen LogP contribution is -2.48. The lowest BCUT2D eigenvalue weighted by atomic mass is 9.90. The minimum absolute atomic E-state index is 0.0242. The van der Waals surface area contributed by atoms with E-state index in [0.717, 1.165) is 48.0 Å². The highest BCUT2D eigenvalue weighted by molar-refractivity contribution is 5.37. The maximum atomic E-state index is 14.1. The summed E-state index contributed by atoms with van der Waals surface area (Å²) in [5.74, 6) is -2.94. The molecule has 14 rings (SSSR count). The molecule has 0 spiro atoms. The van der Waals surface area contributed by atoms with E-state index < -0.39 is 28.8 Å². The molecular weight excluding hydrogens is 1410 g/mol. The highest BCUT2D eigenvalue weighted by atomic mass is 19.2. The predicted molar refractivity (Wildman–Crippen MR) is 419 cm³/mol. The van der Waals surface area contributed by atoms with Crippen LogP contribution in [-0.4, -0.2) is 32.8 Å². The maximum absolute atomic E-state index is 14.1. The van der Waals surface area contributed by atoms with Crippen LogP contribution in [0, 0.1) is 103 Å². The van der Waals surface area contributed by atoms with Crippen LogP contribution in [0.1, 0.15) is 117 Å². The van der Waals surface area contributed by atoms with Crippen molar-refractivity contribution >= 4 is 0 Å². The SMILES string of the molecule is Cc1c(F)ccc(F)c1Cn1ccc[n+]1C.Cc1cc(F)cc(F)c1C(C)(C)n1ccc[n+]1C.Cc1cc(F)cc(F)c1Cn1ccc[n+]1C.Cc1ccc(Cn2ccc[n+]2C)c(C)c1.Cc1ccc(F)c(C)c1Cn1ccc[n+]1C.Cc1ccccc1C(C)(C)n1ccc[n+]1C.Cc1ccccc1Cn1ccc[n+]1C. The lowest BCUT2D eigenvalue weighted by molar-refractivity contribution is -0.759. The van der Waals surface area contributed by atoms with Gasteiger partial charge in [0.2, 0.25) is 0 Å². The van der Waals surface area contributed by atoms with Crippen LogP contribution in [0.25, 0.3) is 0 Å². The van der Waals surface area contributed by atoms with Crippen molar-refractivity contribution in [2.24, 2.45) is 49.3 Å². The molecular formula is C90H110F7N14+7. The van der Waals surface area contributed by atoms with Gasteiger partial charge in [-0.1, -0.05) is 78.4 Å². The summed E-state index contributed by atoms with van der Waals surface area (Å²) >= 11 is 0. The fourth-order valence-electron chi connectivity index (χ4n) is 13.6. The summed E-state index contributed by atoms with van der Waals surface area (Å²) < 4.78 is 122. The molecule has 0 bridgehead atoms. The van der Waals surface area contributed by atoms with Gasteiger partial charge in [0, 0.05) is 71.3 Å². The van der Waals surface area contributed by atoms with E-state index in [9.17, 15) is 30.7 Å². The number of aromatic nitrogens is 14. The third-order valence-corrected chi connectivity index (χ3v) is 20.4. The van der Waals surface area contributed by atoms with Gasteiger partial charge >= 0.3 is 0 Å². The molecule has 7 aromatic heterocycles. The molecule has 14 nitrogen and oxygen atoms in total. The third kappa shape index (κ3) is 22.2. The van der Waals surface area contributed by atoms with E-state index in [0.29, 0.717) is 53.0 Å². The zero-order valence-corrected chi connectivity index (χ0v) is 68.0. The molecule has 0 amide bonds. The van der Waals surface area contributed by atoms with Crippen molar-refractivity contribution in [1.29, 1.82) is 0 Å². The van der Waals surface area contributed by atoms with E-state index in [1.807, 2.05) is 169 Å². The molecule has 21 heteroatoms. The molecule has 0 unspecified atom stereocenters. The first-order valence-corrected chi connectivity index (χ1v) is 37.0. The van der Waals surface area contributed by atoms with E-state index >= 15 is 0 Å². The molecule has 0 radical (unpaired) electrons. The molecule has 0 aliphatic rings. The summed E-state index contributed by atoms with van der Waals surface area (Å²) in [6.07, 6.45) is 27.6. The van der Waals surface area contributed by atoms with Gasteiger partial charge in [0.1, 0.15) is 84.5 Å². The summed E-state index contributed by atoms with van der Waals surface area (Å²) in [5.41, 5.74) is 14.9. The van der Waals surface area contributed by atoms with Crippen LogP contribution < -0.4 is 32.8 Å². The van der Waals surface area contributed by atoms with Crippen LogP contribution in [0.5, 0.6) is 0 Å². The van der Waals surface area contributed by atoms with Crippen LogP contribution in [0.4, 0.5) is 30.7 Å². The van der Waals surface area contributed by atoms with Crippen LogP contribution in [0.15, 0.2) is 244 Å². The quantitative estimate of drug-likeness (QED) is 0.0769. The molecule has 0 aliphatic carbocycles. The van der Waals surface area contributed by atoms with Gasteiger partial charge in [0.05, 0.1) is 43.4 Å². The first kappa shape index (κ1) is 85.1. The Bertz CT molecular complexity index is 5240. The summed E-state index contributed by atoms with van der Waals surface area (Å²) in [6, 6.07) is 47.7. The summed E-state index contributed by atoms with van der Waals surface area (Å²) in [4.78, 5) is 0. The van der Waals surface area contributed by atoms with Gasteiger partial charge in [-0.2, -0.15) is 32.8 Å². The van der Waals surface area contributed by atoms with Crippen molar-refractivity contribution in [3.05, 3.63) is 374 Å². The zero-order valence-electron chi connectivity index (χ0n) is 68.0. The predicted octanol–water partition coefficient (Wildman–Crippen LogP) is 14.7. The van der Waals surface area contributed by atoms with E-state index in [2.05, 4.69) is 218 Å². The zero-order chi connectivity index (χ0) is 81.2. The van der Waals surface area contributed by atoms with Crippen LogP contribution >= 0.6 is 0 Å². The van der Waals surface area contributed by atoms with Gasteiger partial charge in [-0.25, -0.2) is 30.7 Å². The van der Waals surface area contributed by atoms with Gasteiger partial charge in [0.15, 0.2) is 92.7 Å². The minimum Gasteiger partial charge on any atom is -0.207 e. The van der Waals surface area contributed by atoms with E-state index in [4.69, 9.17) is 0 Å². The summed E-state index contributed by atoms with van der Waals surface area (Å²) in [6.45, 7) is 29.2. The first-order valence-electron chi connectivity index (χ1n) is 37.0. The Morgan fingerprint density at radius 3 is 1.09 bits per heavy atom. The van der Waals surface area contributed by atoms with Crippen molar-refractivity contribution < 1.29 is 63.5 Å². The fourth-order valence-corrected chi connectivity index (χ4v) is 13.6. The van der Waals surface area contributed by atoms with Crippen molar-refractivity contribution in [3.8, 4) is 0 Å². The second kappa shape index (κ2) is 38.2. The number of nitrogens with zero attached hydrogens (tertiary/aromatic N) is 14. The highest BCUT2D eigenvalue weighted by Crippen LogP contribution is 2.31. The van der Waals surface area contributed by atoms with E-state index in [1.54, 1.807) is 20.8 Å². The number of hydrogen-bond donors (Lipinski definition) is 0. The number of aryl methyl sites for hydroxylation is 14. The van der Waals surface area contributed by atoms with Crippen molar-refractivity contribution in [3.63, 3.8) is 0 Å². The highest BCUT2D eigenvalue weighted by Gasteiger charge is 2.34. The van der Waals surface area contributed by atoms with Gasteiger partial charge < -0.3 is 0 Å². The summed E-state index contributed by atoms with van der Waals surface area (Å²) in [7, 11) is 13.8. The van der Waals surface area contributed by atoms with Crippen LogP contribution in [0.2, 0.25) is 0 Å². The molecule has 111 heavy (non-hydrogen) atoms. The lowest BCUT2D eigenvalue weighted by Gasteiger charge is -2.26. The smallest absolute Gasteiger partial charge is 0.195 e. The molecule has 0 fully saturated rings. The average molecular weight is 1520 g/mol. The minimum atomic E-state index is -0.583. The number of benzene rings is 7. The number of hydrogen-bond acceptors (Lipinski definition) is 0. The van der Waals surface area contributed by atoms with Crippen molar-refractivity contribution in [2.45, 2.75) is 134 Å². The monoisotopic (exact) mass is 1520 g/mol. The molecule has 7 aromatic carbocycles. The maximum Gasteiger partial charge on any atom is 0.195 e. The fraction of sp³-hybridized carbons (Fsp3) is 0.300. The Morgan fingerprint density at radius 1 is 0.279 bits per heavy atom. The molecule has 0 N–H and O–H groups in total. The number of halogens is 7. The molecule has 0 atom stereocenters. The topological polar surface area (TPSA) is 61.7 Å². The second-order valence-corrected chi connectivity index (χ2v) is 29.3. The molecule has 582 valence electrons. The molecule has 14 aromatic rings. The molecule has 0 saturated heterocycles. The largest absolute Gasteiger partial charge is 0.207 e. The van der Waals surface area contributed by atoms with Gasteiger partial charge in [-0.15, -0.1) is 32.8 Å². The van der Waals surface area contributed by atoms with Crippen molar-refractivity contribution in [2.75, 3.05) is 0 Å². The average Bonchev–Trinajstić information content (AvgIpc) is 1.74. The molecule has 7 heterocycles. The Balaban J connectivity index is 0.000000163. The normalized spacial score (nSPS) is 11.0. The third-order valence-electron chi connectivity index (χ3n) is 20.4. The Kier molecular flexibility index (Phi) is 29.3. The number of rotatable bonds is 14. The Morgan fingerprint density at radius 2 is 0.658 bits per heavy atom. The first-order chi connectivity index (χ1) is 52.6. The Hall–Kier alpha value is -11.5. The van der Waals surface area contributed by atoms with Gasteiger partial charge in [-0.3, -0.25) is 0 Å². The standard InChI is InChI=1S/C14H17F2N2.C14H19N2.C13H16FN2.C13H17N2.2C12H13F2N2.C12H15N2/c1-10-8-11(15)9-12(16)13(10)14(2,3)18-7-5-6-17(18)4;1-12-8-5-6-9-13(12)14(2,3)16-11-7-10-15(16)4;1-10-5-6-13(14)11(2)12(10)9-16-8-4-7-15(16)3;1-11-5-6-13(12(2)9-11)10-15-8-4-7-14(15)3;1-9-10(12(14)5-4-11(9)13)8-16-7-3-6-15(16)2;1-9-6-10(13)7-12(14)11(9)8-16-5-3-4-15(16)2;1-11-6-3-4-7-12(11)10-14-9-5-8-13(14)2/h5-9H,1-4H3;5-11H,1-4H3;4-8H,9H2,1-3H3;4-9H,10H2,1-3H3;2*3-7H,8H2,1-2H3;3-9H,10H2,1-2H3/q7*+1. The van der Waals surface area contributed by atoms with Crippen LogP contribution in [0.3, 0.4) is 0 Å². The van der Waals surface area contributed by atoms with Crippen LogP contribution in [-0.2, 0) is 93.1 Å². The molecule has 0 saturated carbocycles. The van der Waals surface area contributed by atoms with Crippen molar-refractivity contribution in [1.82, 2.24) is 32.8 Å². The van der Waals surface area contributed by atoms with E-state index in [1.165, 1.54) is 63.2 Å². The van der Waals surface area contributed by atoms with E-state index in [-0.39, 0.29) is 23.0 Å². The molecule has 0 aliphatic heterocycles. The second-order valence-electron chi connectivity index (χ2n) is 29.3. The summed E-state index contributed by atoms with van der Waals surface area (Å²) in [5, 5.41) is 0. The van der Waals surface area contributed by atoms with Gasteiger partial charge in [0.25, 0.3) is 0 Å². The Labute approximate surface area is 650 Å². The van der Waals surface area contributed by atoms with Gasteiger partial charge in [-0.05, 0) is 187 Å².